The number of aliphatic imine (C=N–C) groups is 1. The largest absolute Gasteiger partial charge is 0.357 e. The molecule has 0 aromatic carbocycles. The first-order valence-corrected chi connectivity index (χ1v) is 8.12. The number of nitrogens with zero attached hydrogens (tertiary/aromatic N) is 1. The Labute approximate surface area is 132 Å². The third-order valence-electron chi connectivity index (χ3n) is 3.21. The summed E-state index contributed by atoms with van der Waals surface area (Å²) in [6.45, 7) is 8.74. The molecular weight excluding hydrogens is 282 g/mol. The third kappa shape index (κ3) is 7.85. The van der Waals surface area contributed by atoms with Crippen molar-refractivity contribution < 1.29 is 9.59 Å². The summed E-state index contributed by atoms with van der Waals surface area (Å²) in [6.07, 6.45) is 2.03. The van der Waals surface area contributed by atoms with Crippen LogP contribution >= 0.6 is 0 Å². The van der Waals surface area contributed by atoms with E-state index in [-0.39, 0.29) is 23.7 Å². The van der Waals surface area contributed by atoms with Gasteiger partial charge in [-0.05, 0) is 19.8 Å². The lowest BCUT2D eigenvalue weighted by molar-refractivity contribution is -0.124. The number of nitrogens with one attached hydrogen (secondary N) is 4. The van der Waals surface area contributed by atoms with E-state index < -0.39 is 0 Å². The van der Waals surface area contributed by atoms with Gasteiger partial charge in [0.15, 0.2) is 5.96 Å². The van der Waals surface area contributed by atoms with Gasteiger partial charge in [0.2, 0.25) is 11.8 Å². The van der Waals surface area contributed by atoms with Crippen molar-refractivity contribution in [2.75, 3.05) is 32.7 Å². The normalized spacial score (nSPS) is 14.6. The van der Waals surface area contributed by atoms with E-state index >= 15 is 0 Å². The fourth-order valence-corrected chi connectivity index (χ4v) is 1.75. The second-order valence-electron chi connectivity index (χ2n) is 5.70. The average Bonchev–Trinajstić information content (AvgIpc) is 3.31. The van der Waals surface area contributed by atoms with Gasteiger partial charge in [-0.1, -0.05) is 13.8 Å². The average molecular weight is 311 g/mol. The van der Waals surface area contributed by atoms with E-state index in [1.165, 1.54) is 0 Å². The highest BCUT2D eigenvalue weighted by atomic mass is 16.2. The summed E-state index contributed by atoms with van der Waals surface area (Å²) in [5.74, 6) is 1.12. The van der Waals surface area contributed by atoms with Gasteiger partial charge in [-0.25, -0.2) is 0 Å². The Morgan fingerprint density at radius 3 is 2.32 bits per heavy atom. The fourth-order valence-electron chi connectivity index (χ4n) is 1.75. The van der Waals surface area contributed by atoms with Crippen LogP contribution in [0.15, 0.2) is 4.99 Å². The smallest absolute Gasteiger partial charge is 0.223 e. The monoisotopic (exact) mass is 311 g/mol. The third-order valence-corrected chi connectivity index (χ3v) is 3.21. The Bertz CT molecular complexity index is 391. The standard InChI is InChI=1S/C15H29N5O2/c1-4-16-15(19-9-7-17-13(21)11(2)3)20-10-8-18-14(22)12-5-6-12/h11-12H,4-10H2,1-3H3,(H,17,21)(H,18,22)(H2,16,19,20). The quantitative estimate of drug-likeness (QED) is 0.270. The van der Waals surface area contributed by atoms with E-state index in [9.17, 15) is 9.59 Å². The number of carbonyl (C=O) groups excluding carboxylic acids is 2. The first-order valence-electron chi connectivity index (χ1n) is 8.12. The summed E-state index contributed by atoms with van der Waals surface area (Å²) in [5.41, 5.74) is 0. The summed E-state index contributed by atoms with van der Waals surface area (Å²) >= 11 is 0. The van der Waals surface area contributed by atoms with Gasteiger partial charge in [0.25, 0.3) is 0 Å². The predicted molar refractivity (Wildman–Crippen MR) is 87.6 cm³/mol. The lowest BCUT2D eigenvalue weighted by Gasteiger charge is -2.12. The minimum Gasteiger partial charge on any atom is -0.357 e. The summed E-state index contributed by atoms with van der Waals surface area (Å²) < 4.78 is 0. The first-order chi connectivity index (χ1) is 10.5. The van der Waals surface area contributed by atoms with Gasteiger partial charge < -0.3 is 21.3 Å². The van der Waals surface area contributed by atoms with Crippen molar-refractivity contribution in [3.05, 3.63) is 0 Å². The Morgan fingerprint density at radius 2 is 1.73 bits per heavy atom. The van der Waals surface area contributed by atoms with Crippen LogP contribution in [0.3, 0.4) is 0 Å². The second-order valence-corrected chi connectivity index (χ2v) is 5.70. The van der Waals surface area contributed by atoms with Gasteiger partial charge in [0.1, 0.15) is 0 Å². The molecule has 126 valence electrons. The van der Waals surface area contributed by atoms with Crippen LogP contribution in [0.5, 0.6) is 0 Å². The van der Waals surface area contributed by atoms with E-state index in [0.29, 0.717) is 32.1 Å². The number of carbonyl (C=O) groups is 2. The predicted octanol–water partition coefficient (Wildman–Crippen LogP) is -0.160. The van der Waals surface area contributed by atoms with Crippen LogP contribution < -0.4 is 21.3 Å². The number of rotatable bonds is 9. The topological polar surface area (TPSA) is 94.6 Å². The van der Waals surface area contributed by atoms with E-state index in [1.807, 2.05) is 20.8 Å². The van der Waals surface area contributed by atoms with Crippen LogP contribution in [0.2, 0.25) is 0 Å². The van der Waals surface area contributed by atoms with Crippen LogP contribution in [0, 0.1) is 11.8 Å². The Balaban J connectivity index is 2.17. The molecule has 0 saturated heterocycles. The van der Waals surface area contributed by atoms with E-state index in [1.54, 1.807) is 0 Å². The SMILES string of the molecule is CCNC(=NCCNC(=O)C1CC1)NCCNC(=O)C(C)C. The number of guanidine groups is 1. The minimum absolute atomic E-state index is 0.00279. The van der Waals surface area contributed by atoms with Crippen molar-refractivity contribution in [1.29, 1.82) is 0 Å². The molecule has 0 heterocycles. The Morgan fingerprint density at radius 1 is 1.05 bits per heavy atom. The molecule has 0 aliphatic heterocycles. The minimum atomic E-state index is -0.00279. The molecule has 1 aliphatic rings. The summed E-state index contributed by atoms with van der Waals surface area (Å²) in [5, 5.41) is 12.0. The molecule has 22 heavy (non-hydrogen) atoms. The molecule has 0 spiro atoms. The number of amides is 2. The van der Waals surface area contributed by atoms with Crippen molar-refractivity contribution in [1.82, 2.24) is 21.3 Å². The molecule has 1 aliphatic carbocycles. The van der Waals surface area contributed by atoms with Crippen LogP contribution in [0.25, 0.3) is 0 Å². The zero-order valence-electron chi connectivity index (χ0n) is 13.9. The molecule has 1 rings (SSSR count). The van der Waals surface area contributed by atoms with Crippen molar-refractivity contribution >= 4 is 17.8 Å². The van der Waals surface area contributed by atoms with Gasteiger partial charge in [0.05, 0.1) is 6.54 Å². The molecule has 2 amide bonds. The molecule has 1 fully saturated rings. The molecule has 0 aromatic heterocycles. The molecule has 7 heteroatoms. The highest BCUT2D eigenvalue weighted by Crippen LogP contribution is 2.28. The van der Waals surface area contributed by atoms with E-state index in [2.05, 4.69) is 26.3 Å². The molecule has 0 aromatic rings. The van der Waals surface area contributed by atoms with Gasteiger partial charge in [-0.3, -0.25) is 14.6 Å². The first kappa shape index (κ1) is 18.3. The van der Waals surface area contributed by atoms with Crippen molar-refractivity contribution in [3.8, 4) is 0 Å². The van der Waals surface area contributed by atoms with Crippen LogP contribution in [-0.2, 0) is 9.59 Å². The summed E-state index contributed by atoms with van der Waals surface area (Å²) in [6, 6.07) is 0. The maximum atomic E-state index is 11.5. The second kappa shape index (κ2) is 10.0. The number of hydrogen-bond donors (Lipinski definition) is 4. The van der Waals surface area contributed by atoms with Gasteiger partial charge >= 0.3 is 0 Å². The molecule has 0 bridgehead atoms. The lowest BCUT2D eigenvalue weighted by Crippen LogP contribution is -2.42. The maximum Gasteiger partial charge on any atom is 0.223 e. The molecular formula is C15H29N5O2. The van der Waals surface area contributed by atoms with E-state index in [0.717, 1.165) is 19.4 Å². The maximum absolute atomic E-state index is 11.5. The van der Waals surface area contributed by atoms with Crippen molar-refractivity contribution in [3.63, 3.8) is 0 Å². The Hall–Kier alpha value is -1.79. The molecule has 4 N–H and O–H groups in total. The molecule has 0 radical (unpaired) electrons. The van der Waals surface area contributed by atoms with Crippen molar-refractivity contribution in [2.24, 2.45) is 16.8 Å². The molecule has 0 atom stereocenters. The lowest BCUT2D eigenvalue weighted by atomic mass is 10.2. The van der Waals surface area contributed by atoms with Crippen molar-refractivity contribution in [2.45, 2.75) is 33.6 Å². The highest BCUT2D eigenvalue weighted by molar-refractivity contribution is 5.81. The molecule has 1 saturated carbocycles. The van der Waals surface area contributed by atoms with Crippen LogP contribution in [0.1, 0.15) is 33.6 Å². The molecule has 0 unspecified atom stereocenters. The van der Waals surface area contributed by atoms with Gasteiger partial charge in [-0.15, -0.1) is 0 Å². The summed E-state index contributed by atoms with van der Waals surface area (Å²) in [7, 11) is 0. The van der Waals surface area contributed by atoms with Gasteiger partial charge in [-0.2, -0.15) is 0 Å². The molecule has 7 nitrogen and oxygen atoms in total. The number of hydrogen-bond acceptors (Lipinski definition) is 3. The summed E-state index contributed by atoms with van der Waals surface area (Å²) in [4.78, 5) is 27.3. The fraction of sp³-hybridized carbons (Fsp3) is 0.800. The van der Waals surface area contributed by atoms with Crippen LogP contribution in [0.4, 0.5) is 0 Å². The zero-order chi connectivity index (χ0) is 16.4. The van der Waals surface area contributed by atoms with E-state index in [4.69, 9.17) is 0 Å². The van der Waals surface area contributed by atoms with Gasteiger partial charge in [0, 0.05) is 38.0 Å². The zero-order valence-corrected chi connectivity index (χ0v) is 13.9. The Kier molecular flexibility index (Phi) is 8.32. The highest BCUT2D eigenvalue weighted by Gasteiger charge is 2.28. The van der Waals surface area contributed by atoms with Crippen LogP contribution in [-0.4, -0.2) is 50.5 Å².